The first-order valence-corrected chi connectivity index (χ1v) is 9.67. The van der Waals surface area contributed by atoms with E-state index < -0.39 is 0 Å². The highest BCUT2D eigenvalue weighted by atomic mass is 35.5. The van der Waals surface area contributed by atoms with Gasteiger partial charge in [0.1, 0.15) is 0 Å². The molecule has 0 radical (unpaired) electrons. The molecule has 2 atom stereocenters. The van der Waals surface area contributed by atoms with Crippen LogP contribution in [-0.4, -0.2) is 42.0 Å². The summed E-state index contributed by atoms with van der Waals surface area (Å²) >= 11 is 7.74. The van der Waals surface area contributed by atoms with Gasteiger partial charge in [-0.15, -0.1) is 11.3 Å². The summed E-state index contributed by atoms with van der Waals surface area (Å²) in [6.07, 6.45) is 3.79. The molecule has 1 aromatic carbocycles. The van der Waals surface area contributed by atoms with Crippen LogP contribution in [0.15, 0.2) is 35.8 Å². The standard InChI is InChI=1S/C18H20ClN3OS/c19-14-4-1-3-13(11-14)15-12-16(15)17(23)21-6-2-7-22(9-8-21)18-20-5-10-24-18/h1,3-5,10-11,15-16H,2,6-9,12H2. The molecule has 1 aliphatic carbocycles. The van der Waals surface area contributed by atoms with E-state index >= 15 is 0 Å². The highest BCUT2D eigenvalue weighted by molar-refractivity contribution is 7.13. The SMILES string of the molecule is O=C(C1CC1c1cccc(Cl)c1)N1CCCN(c2nccs2)CC1. The van der Waals surface area contributed by atoms with Crippen molar-refractivity contribution in [1.29, 1.82) is 0 Å². The monoisotopic (exact) mass is 361 g/mol. The average molecular weight is 362 g/mol. The number of rotatable bonds is 3. The summed E-state index contributed by atoms with van der Waals surface area (Å²) < 4.78 is 0. The lowest BCUT2D eigenvalue weighted by Gasteiger charge is -2.22. The smallest absolute Gasteiger partial charge is 0.226 e. The van der Waals surface area contributed by atoms with Gasteiger partial charge in [-0.3, -0.25) is 4.79 Å². The quantitative estimate of drug-likeness (QED) is 0.837. The molecule has 0 N–H and O–H groups in total. The van der Waals surface area contributed by atoms with Gasteiger partial charge >= 0.3 is 0 Å². The number of thiazole rings is 1. The number of carbonyl (C=O) groups excluding carboxylic acids is 1. The van der Waals surface area contributed by atoms with Gasteiger partial charge in [-0.25, -0.2) is 4.98 Å². The predicted molar refractivity (Wildman–Crippen MR) is 97.8 cm³/mol. The predicted octanol–water partition coefficient (Wildman–Crippen LogP) is 3.64. The van der Waals surface area contributed by atoms with Crippen LogP contribution in [0.4, 0.5) is 5.13 Å². The molecule has 6 heteroatoms. The van der Waals surface area contributed by atoms with Gasteiger partial charge in [-0.1, -0.05) is 23.7 Å². The van der Waals surface area contributed by atoms with Crippen molar-refractivity contribution in [3.05, 3.63) is 46.4 Å². The van der Waals surface area contributed by atoms with Crippen LogP contribution in [0.3, 0.4) is 0 Å². The molecule has 24 heavy (non-hydrogen) atoms. The number of amides is 1. The summed E-state index contributed by atoms with van der Waals surface area (Å²) in [5.41, 5.74) is 1.19. The molecule has 2 unspecified atom stereocenters. The summed E-state index contributed by atoms with van der Waals surface area (Å²) in [6.45, 7) is 3.48. The van der Waals surface area contributed by atoms with Crippen LogP contribution in [0.5, 0.6) is 0 Å². The first-order valence-electron chi connectivity index (χ1n) is 8.41. The Morgan fingerprint density at radius 2 is 2.17 bits per heavy atom. The zero-order valence-corrected chi connectivity index (χ0v) is 15.0. The minimum absolute atomic E-state index is 0.134. The Balaban J connectivity index is 1.37. The molecule has 2 aliphatic rings. The van der Waals surface area contributed by atoms with Gasteiger partial charge < -0.3 is 9.80 Å². The fourth-order valence-corrected chi connectivity index (χ4v) is 4.40. The molecule has 0 bridgehead atoms. The van der Waals surface area contributed by atoms with Gasteiger partial charge in [-0.05, 0) is 36.5 Å². The first-order chi connectivity index (χ1) is 11.7. The van der Waals surface area contributed by atoms with Crippen LogP contribution in [0.25, 0.3) is 0 Å². The topological polar surface area (TPSA) is 36.4 Å². The second-order valence-electron chi connectivity index (χ2n) is 6.48. The lowest BCUT2D eigenvalue weighted by Crippen LogP contribution is -2.36. The molecule has 1 aromatic heterocycles. The van der Waals surface area contributed by atoms with Gasteiger partial charge in [0.2, 0.25) is 5.91 Å². The van der Waals surface area contributed by atoms with Crippen LogP contribution >= 0.6 is 22.9 Å². The highest BCUT2D eigenvalue weighted by Gasteiger charge is 2.45. The van der Waals surface area contributed by atoms with Crippen molar-refractivity contribution in [2.75, 3.05) is 31.1 Å². The summed E-state index contributed by atoms with van der Waals surface area (Å²) in [6, 6.07) is 7.92. The molecule has 2 heterocycles. The number of halogens is 1. The van der Waals surface area contributed by atoms with E-state index in [9.17, 15) is 4.79 Å². The molecule has 4 rings (SSSR count). The van der Waals surface area contributed by atoms with E-state index in [0.29, 0.717) is 11.8 Å². The van der Waals surface area contributed by atoms with Gasteiger partial charge in [0.05, 0.1) is 0 Å². The summed E-state index contributed by atoms with van der Waals surface area (Å²) in [4.78, 5) is 21.6. The molecule has 1 saturated carbocycles. The maximum atomic E-state index is 12.8. The van der Waals surface area contributed by atoms with E-state index in [2.05, 4.69) is 16.0 Å². The maximum Gasteiger partial charge on any atom is 0.226 e. The van der Waals surface area contributed by atoms with Crippen LogP contribution in [0, 0.1) is 5.92 Å². The van der Waals surface area contributed by atoms with E-state index in [1.54, 1.807) is 11.3 Å². The number of anilines is 1. The molecule has 2 fully saturated rings. The minimum atomic E-state index is 0.134. The third-order valence-corrected chi connectivity index (χ3v) is 5.95. The molecule has 4 nitrogen and oxygen atoms in total. The Kier molecular flexibility index (Phi) is 4.46. The van der Waals surface area contributed by atoms with E-state index in [-0.39, 0.29) is 5.92 Å². The Morgan fingerprint density at radius 1 is 1.25 bits per heavy atom. The van der Waals surface area contributed by atoms with Crippen LogP contribution in [0.1, 0.15) is 24.3 Å². The van der Waals surface area contributed by atoms with Crippen LogP contribution < -0.4 is 4.90 Å². The van der Waals surface area contributed by atoms with Crippen molar-refractivity contribution in [2.24, 2.45) is 5.92 Å². The van der Waals surface area contributed by atoms with Gasteiger partial charge in [0.15, 0.2) is 5.13 Å². The van der Waals surface area contributed by atoms with E-state index in [1.807, 2.05) is 34.7 Å². The summed E-state index contributed by atoms with van der Waals surface area (Å²) in [5, 5.41) is 3.81. The second-order valence-corrected chi connectivity index (χ2v) is 7.79. The second kappa shape index (κ2) is 6.73. The van der Waals surface area contributed by atoms with Crippen LogP contribution in [0.2, 0.25) is 5.02 Å². The van der Waals surface area contributed by atoms with Gasteiger partial charge in [0, 0.05) is 48.7 Å². The zero-order valence-electron chi connectivity index (χ0n) is 13.4. The largest absolute Gasteiger partial charge is 0.346 e. The number of nitrogens with zero attached hydrogens (tertiary/aromatic N) is 3. The average Bonchev–Trinajstić information content (AvgIpc) is 3.28. The van der Waals surface area contributed by atoms with Crippen molar-refractivity contribution in [3.8, 4) is 0 Å². The third-order valence-electron chi connectivity index (χ3n) is 4.88. The van der Waals surface area contributed by atoms with E-state index in [1.165, 1.54) is 5.56 Å². The molecule has 1 amide bonds. The summed E-state index contributed by atoms with van der Waals surface area (Å²) in [5.74, 6) is 0.783. The lowest BCUT2D eigenvalue weighted by molar-refractivity contribution is -0.132. The van der Waals surface area contributed by atoms with Crippen molar-refractivity contribution in [3.63, 3.8) is 0 Å². The van der Waals surface area contributed by atoms with Crippen molar-refractivity contribution in [1.82, 2.24) is 9.88 Å². The van der Waals surface area contributed by atoms with Crippen molar-refractivity contribution < 1.29 is 4.79 Å². The number of hydrogen-bond acceptors (Lipinski definition) is 4. The Hall–Kier alpha value is -1.59. The molecule has 0 spiro atoms. The Labute approximate surface area is 151 Å². The molecular weight excluding hydrogens is 342 g/mol. The normalized spacial score (nSPS) is 23.9. The van der Waals surface area contributed by atoms with Crippen LogP contribution in [-0.2, 0) is 4.79 Å². The number of hydrogen-bond donors (Lipinski definition) is 0. The molecule has 2 aromatic rings. The lowest BCUT2D eigenvalue weighted by atomic mass is 10.1. The Bertz CT molecular complexity index is 721. The molecular formula is C18H20ClN3OS. The maximum absolute atomic E-state index is 12.8. The number of aromatic nitrogens is 1. The van der Waals surface area contributed by atoms with E-state index in [0.717, 1.165) is 49.2 Å². The van der Waals surface area contributed by atoms with Gasteiger partial charge in [-0.2, -0.15) is 0 Å². The summed E-state index contributed by atoms with van der Waals surface area (Å²) in [7, 11) is 0. The van der Waals surface area contributed by atoms with E-state index in [4.69, 9.17) is 11.6 Å². The molecule has 1 saturated heterocycles. The minimum Gasteiger partial charge on any atom is -0.346 e. The zero-order chi connectivity index (χ0) is 16.5. The van der Waals surface area contributed by atoms with Crippen molar-refractivity contribution >= 4 is 34.0 Å². The van der Waals surface area contributed by atoms with Crippen molar-refractivity contribution in [2.45, 2.75) is 18.8 Å². The highest BCUT2D eigenvalue weighted by Crippen LogP contribution is 2.48. The van der Waals surface area contributed by atoms with Gasteiger partial charge in [0.25, 0.3) is 0 Å². The first kappa shape index (κ1) is 15.9. The number of carbonyl (C=O) groups is 1. The molecule has 1 aliphatic heterocycles. The Morgan fingerprint density at radius 3 is 2.96 bits per heavy atom. The fraction of sp³-hybridized carbons (Fsp3) is 0.444. The number of benzene rings is 1. The third kappa shape index (κ3) is 3.28. The fourth-order valence-electron chi connectivity index (χ4n) is 3.51. The molecule has 126 valence electrons.